The molecule has 0 amide bonds. The lowest BCUT2D eigenvalue weighted by Gasteiger charge is -2.34. The first-order valence-electron chi connectivity index (χ1n) is 18.4. The molecule has 0 radical (unpaired) electrons. The van der Waals surface area contributed by atoms with E-state index < -0.39 is 36.3 Å². The number of benzene rings is 5. The van der Waals surface area contributed by atoms with Crippen molar-refractivity contribution in [1.29, 1.82) is 0 Å². The van der Waals surface area contributed by atoms with Gasteiger partial charge in [-0.25, -0.2) is 0 Å². The third-order valence-electron chi connectivity index (χ3n) is 10.3. The zero-order valence-corrected chi connectivity index (χ0v) is 36.2. The summed E-state index contributed by atoms with van der Waals surface area (Å²) in [6.45, 7) is 18.3. The van der Waals surface area contributed by atoms with Gasteiger partial charge < -0.3 is 9.80 Å². The minimum absolute atomic E-state index is 0.140. The summed E-state index contributed by atoms with van der Waals surface area (Å²) in [6.07, 6.45) is 0. The Kier molecular flexibility index (Phi) is 12.2. The van der Waals surface area contributed by atoms with Crippen molar-refractivity contribution >= 4 is 53.1 Å². The van der Waals surface area contributed by atoms with Gasteiger partial charge in [0.25, 0.3) is 30.4 Å². The number of hydrogen-bond donors (Lipinski definition) is 3. The fourth-order valence-corrected chi connectivity index (χ4v) is 11.0. The van der Waals surface area contributed by atoms with Gasteiger partial charge in [0.1, 0.15) is 9.79 Å². The Morgan fingerprint density at radius 1 is 0.474 bits per heavy atom. The third-order valence-corrected chi connectivity index (χ3v) is 13.5. The highest BCUT2D eigenvalue weighted by Gasteiger charge is 2.29. The molecule has 0 aliphatic rings. The zero-order chi connectivity index (χ0) is 42.5. The largest absolute Gasteiger partial charge is 0.338 e. The first-order chi connectivity index (χ1) is 26.4. The number of nitrogens with zero attached hydrogens (tertiary/aromatic N) is 2. The topological polar surface area (TPSA) is 170 Å². The van der Waals surface area contributed by atoms with Gasteiger partial charge in [-0.1, -0.05) is 54.6 Å². The first kappa shape index (κ1) is 43.6. The van der Waals surface area contributed by atoms with Crippen molar-refractivity contribution in [2.24, 2.45) is 0 Å². The van der Waals surface area contributed by atoms with Gasteiger partial charge in [-0.15, -0.1) is 0 Å². The first-order valence-corrected chi connectivity index (χ1v) is 22.7. The Hall–Kier alpha value is -4.57. The fourth-order valence-electron chi connectivity index (χ4n) is 8.38. The molecule has 5 rings (SSSR count). The molecule has 5 aromatic carbocycles. The van der Waals surface area contributed by atoms with Crippen LogP contribution in [-0.4, -0.2) is 51.0 Å². The summed E-state index contributed by atoms with van der Waals surface area (Å²) in [7, 11) is -13.7. The van der Waals surface area contributed by atoms with Crippen molar-refractivity contribution in [3.63, 3.8) is 0 Å². The predicted octanol–water partition coefficient (Wildman–Crippen LogP) is 9.55. The zero-order valence-electron chi connectivity index (χ0n) is 33.7. The second-order valence-electron chi connectivity index (χ2n) is 15.1. The maximum absolute atomic E-state index is 12.8. The molecule has 14 heteroatoms. The van der Waals surface area contributed by atoms with Crippen LogP contribution in [0.5, 0.6) is 0 Å². The van der Waals surface area contributed by atoms with Gasteiger partial charge in [-0.3, -0.25) is 13.7 Å². The Balaban J connectivity index is 1.69. The van der Waals surface area contributed by atoms with Crippen LogP contribution in [0.15, 0.2) is 99.6 Å². The molecule has 0 spiro atoms. The van der Waals surface area contributed by atoms with E-state index in [0.717, 1.165) is 22.5 Å². The van der Waals surface area contributed by atoms with Crippen molar-refractivity contribution in [2.45, 2.75) is 102 Å². The number of hydrogen-bond acceptors (Lipinski definition) is 8. The maximum atomic E-state index is 12.8. The fraction of sp³-hybridized carbons (Fsp3) is 0.302. The SMILES string of the molecule is Cc1cc(C)c(S(=O)(=O)O)c(C)c1N(c1ccc(C(c2ccc(N(c3c(C)cc(C)c(S(=O)(=O)O)c3C)C(C)C)cc2)c2ccccc2S(=O)(=O)O)cc1)C(C)C. The van der Waals surface area contributed by atoms with Gasteiger partial charge in [0, 0.05) is 40.8 Å². The van der Waals surface area contributed by atoms with E-state index in [4.69, 9.17) is 0 Å². The highest BCUT2D eigenvalue weighted by molar-refractivity contribution is 7.86. The molecule has 0 heterocycles. The van der Waals surface area contributed by atoms with Crippen molar-refractivity contribution in [3.05, 3.63) is 135 Å². The molecule has 0 fully saturated rings. The lowest BCUT2D eigenvalue weighted by atomic mass is 9.84. The van der Waals surface area contributed by atoms with E-state index in [-0.39, 0.29) is 26.8 Å². The van der Waals surface area contributed by atoms with Gasteiger partial charge in [0.15, 0.2) is 0 Å². The molecule has 304 valence electrons. The average molecular weight is 835 g/mol. The monoisotopic (exact) mass is 834 g/mol. The Morgan fingerprint density at radius 3 is 1.14 bits per heavy atom. The van der Waals surface area contributed by atoms with E-state index >= 15 is 0 Å². The molecule has 0 saturated carbocycles. The van der Waals surface area contributed by atoms with Crippen LogP contribution >= 0.6 is 0 Å². The predicted molar refractivity (Wildman–Crippen MR) is 226 cm³/mol. The second kappa shape index (κ2) is 16.0. The molecule has 0 aliphatic heterocycles. The molecule has 0 aliphatic carbocycles. The average Bonchev–Trinajstić information content (AvgIpc) is 3.07. The van der Waals surface area contributed by atoms with Gasteiger partial charge in [0.2, 0.25) is 0 Å². The van der Waals surface area contributed by atoms with Gasteiger partial charge >= 0.3 is 0 Å². The molecule has 0 saturated heterocycles. The van der Waals surface area contributed by atoms with Crippen LogP contribution in [0.4, 0.5) is 22.7 Å². The normalized spacial score (nSPS) is 12.5. The Morgan fingerprint density at radius 2 is 0.825 bits per heavy atom. The third kappa shape index (κ3) is 8.66. The summed E-state index contributed by atoms with van der Waals surface area (Å²) in [5, 5.41) is 0. The summed E-state index contributed by atoms with van der Waals surface area (Å²) in [6, 6.07) is 24.4. The quantitative estimate of drug-likeness (QED) is 0.0808. The minimum atomic E-state index is -4.65. The van der Waals surface area contributed by atoms with E-state index in [1.807, 2.05) is 99.9 Å². The Bertz CT molecular complexity index is 2530. The van der Waals surface area contributed by atoms with E-state index in [0.29, 0.717) is 50.3 Å². The molecule has 0 bridgehead atoms. The van der Waals surface area contributed by atoms with Gasteiger partial charge in [-0.2, -0.15) is 25.3 Å². The van der Waals surface area contributed by atoms with E-state index in [1.54, 1.807) is 52.0 Å². The molecule has 0 unspecified atom stereocenters. The minimum Gasteiger partial charge on any atom is -0.338 e. The summed E-state index contributed by atoms with van der Waals surface area (Å²) in [4.78, 5) is 3.45. The van der Waals surface area contributed by atoms with E-state index in [2.05, 4.69) is 0 Å². The molecule has 5 aromatic rings. The van der Waals surface area contributed by atoms with Crippen molar-refractivity contribution in [3.8, 4) is 0 Å². The van der Waals surface area contributed by atoms with Gasteiger partial charge in [0.05, 0.1) is 4.90 Å². The summed E-state index contributed by atoms with van der Waals surface area (Å²) in [5.41, 5.74) is 7.79. The van der Waals surface area contributed by atoms with Crippen LogP contribution in [-0.2, 0) is 30.4 Å². The number of rotatable bonds is 12. The molecule has 0 atom stereocenters. The van der Waals surface area contributed by atoms with Crippen LogP contribution < -0.4 is 9.80 Å². The smallest absolute Gasteiger partial charge is 0.295 e. The highest BCUT2D eigenvalue weighted by atomic mass is 32.2. The van der Waals surface area contributed by atoms with E-state index in [9.17, 15) is 38.9 Å². The summed E-state index contributed by atoms with van der Waals surface area (Å²) in [5.74, 6) is -0.686. The van der Waals surface area contributed by atoms with Crippen LogP contribution in [0.1, 0.15) is 83.7 Å². The van der Waals surface area contributed by atoms with Crippen LogP contribution in [0.2, 0.25) is 0 Å². The van der Waals surface area contributed by atoms with Crippen LogP contribution in [0, 0.1) is 41.5 Å². The Labute approximate surface area is 337 Å². The molecular weight excluding hydrogens is 785 g/mol. The summed E-state index contributed by atoms with van der Waals surface area (Å²) >= 11 is 0. The van der Waals surface area contributed by atoms with Crippen LogP contribution in [0.25, 0.3) is 0 Å². The molecule has 0 aromatic heterocycles. The highest BCUT2D eigenvalue weighted by Crippen LogP contribution is 2.43. The lowest BCUT2D eigenvalue weighted by Crippen LogP contribution is -2.28. The lowest BCUT2D eigenvalue weighted by molar-refractivity contribution is 0.479. The van der Waals surface area contributed by atoms with Crippen molar-refractivity contribution in [2.75, 3.05) is 9.80 Å². The van der Waals surface area contributed by atoms with Crippen molar-refractivity contribution in [1.82, 2.24) is 0 Å². The van der Waals surface area contributed by atoms with Crippen molar-refractivity contribution < 1.29 is 38.9 Å². The molecule has 57 heavy (non-hydrogen) atoms. The van der Waals surface area contributed by atoms with Crippen LogP contribution in [0.3, 0.4) is 0 Å². The number of aryl methyl sites for hydroxylation is 4. The molecule has 3 N–H and O–H groups in total. The van der Waals surface area contributed by atoms with E-state index in [1.165, 1.54) is 12.1 Å². The maximum Gasteiger partial charge on any atom is 0.295 e. The summed E-state index contributed by atoms with van der Waals surface area (Å²) < 4.78 is 106. The van der Waals surface area contributed by atoms with Gasteiger partial charge in [-0.05, 0) is 150 Å². The molecule has 11 nitrogen and oxygen atoms in total. The number of anilines is 4. The molecular formula is C43H50N2O9S3. The standard InChI is InChI=1S/C43H50N2O9S3/c1-25(2)44(40-27(5)23-29(7)42(31(40)9)56(49,50)51)35-19-15-33(16-20-35)39(37-13-11-12-14-38(37)55(46,47)48)34-17-21-36(22-18-34)45(26(3)4)41-28(6)24-30(8)43(32(41)10)57(52,53)54/h11-26,39H,1-10H3,(H,46,47,48)(H,49,50,51)(H,52,53,54). The second-order valence-corrected chi connectivity index (χ2v) is 19.2.